The first-order chi connectivity index (χ1) is 34.5. The van der Waals surface area contributed by atoms with Gasteiger partial charge in [0.2, 0.25) is 0 Å². The maximum atomic E-state index is 17.0. The molecule has 13 nitrogen and oxygen atoms in total. The summed E-state index contributed by atoms with van der Waals surface area (Å²) >= 11 is 0. The van der Waals surface area contributed by atoms with Gasteiger partial charge in [-0.05, 0) is 108 Å². The van der Waals surface area contributed by atoms with Gasteiger partial charge in [-0.1, -0.05) is 74.5 Å². The van der Waals surface area contributed by atoms with Crippen molar-refractivity contribution in [1.29, 1.82) is 0 Å². The van der Waals surface area contributed by atoms with E-state index in [1.807, 2.05) is 44.3 Å². The van der Waals surface area contributed by atoms with Crippen LogP contribution in [-0.2, 0) is 19.6 Å². The molecule has 4 aromatic carbocycles. The number of fused-ring (bicyclic) bond motifs is 5. The fourth-order valence-corrected chi connectivity index (χ4v) is 12.5. The Morgan fingerprint density at radius 3 is 2.35 bits per heavy atom. The molecule has 4 N–H and O–H groups in total. The number of aromatic nitrogens is 2. The van der Waals surface area contributed by atoms with Gasteiger partial charge in [0.05, 0.1) is 17.4 Å². The van der Waals surface area contributed by atoms with Crippen LogP contribution < -0.4 is 30.8 Å². The van der Waals surface area contributed by atoms with E-state index in [0.717, 1.165) is 125 Å². The number of amides is 1. The lowest BCUT2D eigenvalue weighted by atomic mass is 9.95. The van der Waals surface area contributed by atoms with Gasteiger partial charge >= 0.3 is 6.01 Å². The molecule has 1 aliphatic carbocycles. The number of nitrogens with zero attached hydrogens (tertiary/aromatic N) is 7. The summed E-state index contributed by atoms with van der Waals surface area (Å²) in [6, 6.07) is 24.2. The third kappa shape index (κ3) is 9.44. The maximum Gasteiger partial charge on any atom is 0.319 e. The zero-order valence-electron chi connectivity index (χ0n) is 41.3. The Morgan fingerprint density at radius 1 is 0.831 bits per heavy atom. The standard InChI is InChI=1S/C57H68FN9O4/c1-36(2)46-25-47(50(69)26-49(46)68)55(70)67-30-40-11-10-38(24-41(40)31-67)29-63-18-14-37(15-19-63)28-64-20-22-65(23-21-64)34-57(16-17-57)35-71-56-61-53-48(54(62-56)66-32-42-12-13-43(33-66)60-42)27-59-52(51(53)58)45-9-5-7-39-6-3-4-8-44(39)45/h3-11,24-27,36-37,42-43,52,59-60,68-69H,12-23,28-35H2,1-2H3. The molecule has 2 bridgehead atoms. The van der Waals surface area contributed by atoms with E-state index in [9.17, 15) is 15.0 Å². The number of rotatable bonds is 13. The predicted molar refractivity (Wildman–Crippen MR) is 274 cm³/mol. The van der Waals surface area contributed by atoms with E-state index in [4.69, 9.17) is 14.7 Å². The lowest BCUT2D eigenvalue weighted by Crippen LogP contribution is -2.54. The first-order valence-corrected chi connectivity index (χ1v) is 26.3. The third-order valence-electron chi connectivity index (χ3n) is 16.8. The first kappa shape index (κ1) is 46.3. The van der Waals surface area contributed by atoms with E-state index < -0.39 is 6.04 Å². The number of anilines is 1. The molecule has 6 aliphatic heterocycles. The monoisotopic (exact) mass is 962 g/mol. The minimum atomic E-state index is -0.656. The Bertz CT molecular complexity index is 2950. The van der Waals surface area contributed by atoms with Crippen LogP contribution in [-0.4, -0.2) is 130 Å². The van der Waals surface area contributed by atoms with Crippen molar-refractivity contribution in [3.63, 3.8) is 0 Å². The quantitative estimate of drug-likeness (QED) is 0.109. The molecule has 1 amide bonds. The molecular formula is C57H68FN9O4. The van der Waals surface area contributed by atoms with E-state index in [2.05, 4.69) is 66.6 Å². The summed E-state index contributed by atoms with van der Waals surface area (Å²) in [7, 11) is 0. The molecular weight excluding hydrogens is 894 g/mol. The number of phenolic OH excluding ortho intramolecular Hbond substituents is 2. The SMILES string of the molecule is CC(C)c1cc(C(=O)N2Cc3ccc(CN4CCC(CN5CCN(CC6(COc7nc(N8CC9CCC(C8)N9)c8c(n7)=C(F)C(c7cccc9ccccc79)NC=8)CC6)CC5)CC4)cc3C2)c(O)cc1O. The maximum absolute atomic E-state index is 17.0. The summed E-state index contributed by atoms with van der Waals surface area (Å²) in [5.41, 5.74) is 5.44. The number of piperazine rings is 2. The van der Waals surface area contributed by atoms with Crippen molar-refractivity contribution in [3.05, 3.63) is 117 Å². The highest BCUT2D eigenvalue weighted by molar-refractivity contribution is 5.97. The van der Waals surface area contributed by atoms with E-state index in [-0.39, 0.29) is 46.1 Å². The zero-order chi connectivity index (χ0) is 48.4. The topological polar surface area (TPSA) is 133 Å². The van der Waals surface area contributed by atoms with Crippen molar-refractivity contribution in [2.24, 2.45) is 11.3 Å². The van der Waals surface area contributed by atoms with Crippen LogP contribution in [0.4, 0.5) is 10.2 Å². The normalized spacial score (nSPS) is 23.4. The second-order valence-electron chi connectivity index (χ2n) is 22.2. The lowest BCUT2D eigenvalue weighted by Gasteiger charge is -2.39. The van der Waals surface area contributed by atoms with Gasteiger partial charge in [0.25, 0.3) is 5.91 Å². The third-order valence-corrected chi connectivity index (χ3v) is 16.8. The second-order valence-corrected chi connectivity index (χ2v) is 22.2. The summed E-state index contributed by atoms with van der Waals surface area (Å²) in [5.74, 6) is 0.800. The molecule has 7 heterocycles. The van der Waals surface area contributed by atoms with Gasteiger partial charge in [0.15, 0.2) is 5.83 Å². The average Bonchev–Trinajstić information content (AvgIpc) is 3.87. The van der Waals surface area contributed by atoms with Gasteiger partial charge < -0.3 is 45.2 Å². The Balaban J connectivity index is 0.632. The van der Waals surface area contributed by atoms with Crippen molar-refractivity contribution in [3.8, 4) is 17.5 Å². The summed E-state index contributed by atoms with van der Waals surface area (Å²) in [6.45, 7) is 16.6. The second kappa shape index (κ2) is 19.0. The van der Waals surface area contributed by atoms with Crippen molar-refractivity contribution in [2.45, 2.75) is 96.1 Å². The molecule has 12 rings (SSSR count). The largest absolute Gasteiger partial charge is 0.508 e. The molecule has 0 spiro atoms. The molecule has 1 saturated carbocycles. The van der Waals surface area contributed by atoms with Crippen molar-refractivity contribution in [1.82, 2.24) is 40.2 Å². The smallest absolute Gasteiger partial charge is 0.319 e. The van der Waals surface area contributed by atoms with E-state index in [0.29, 0.717) is 53.8 Å². The first-order valence-electron chi connectivity index (χ1n) is 26.3. The molecule has 7 aliphatic rings. The summed E-state index contributed by atoms with van der Waals surface area (Å²) in [6.07, 6.45) is 8.83. The van der Waals surface area contributed by atoms with Crippen LogP contribution in [0.15, 0.2) is 72.8 Å². The molecule has 14 heteroatoms. The van der Waals surface area contributed by atoms with E-state index >= 15 is 4.39 Å². The van der Waals surface area contributed by atoms with Crippen LogP contribution in [0.1, 0.15) is 103 Å². The Kier molecular flexibility index (Phi) is 12.4. The molecule has 0 radical (unpaired) electrons. The molecule has 4 saturated heterocycles. The number of carbonyl (C=O) groups excluding carboxylic acids is 1. The van der Waals surface area contributed by atoms with E-state index in [1.54, 1.807) is 11.0 Å². The number of likely N-dealkylation sites (tertiary alicyclic amines) is 1. The van der Waals surface area contributed by atoms with Gasteiger partial charge in [0, 0.05) is 102 Å². The number of hydrogen-bond acceptors (Lipinski definition) is 12. The summed E-state index contributed by atoms with van der Waals surface area (Å²) < 4.78 is 23.6. The number of halogens is 1. The van der Waals surface area contributed by atoms with Crippen LogP contribution in [0.25, 0.3) is 22.8 Å². The predicted octanol–water partition coefficient (Wildman–Crippen LogP) is 6.11. The number of hydrogen-bond donors (Lipinski definition) is 4. The van der Waals surface area contributed by atoms with E-state index in [1.165, 1.54) is 30.0 Å². The number of ether oxygens (including phenoxy) is 1. The summed E-state index contributed by atoms with van der Waals surface area (Å²) in [5, 5.41) is 31.1. The number of piperidine rings is 1. The number of carbonyl (C=O) groups is 1. The number of nitrogens with one attached hydrogen (secondary N) is 2. The van der Waals surface area contributed by atoms with Gasteiger partial charge in [-0.25, -0.2) is 4.39 Å². The molecule has 71 heavy (non-hydrogen) atoms. The Morgan fingerprint density at radius 2 is 1.58 bits per heavy atom. The highest BCUT2D eigenvalue weighted by Gasteiger charge is 2.46. The number of phenols is 2. The van der Waals surface area contributed by atoms with Crippen LogP contribution >= 0.6 is 0 Å². The summed E-state index contributed by atoms with van der Waals surface area (Å²) in [4.78, 5) is 35.5. The molecule has 1 aromatic heterocycles. The van der Waals surface area contributed by atoms with Gasteiger partial charge in [-0.15, -0.1) is 0 Å². The molecule has 3 unspecified atom stereocenters. The molecule has 3 atom stereocenters. The lowest BCUT2D eigenvalue weighted by molar-refractivity contribution is 0.0744. The highest BCUT2D eigenvalue weighted by atomic mass is 19.1. The fourth-order valence-electron chi connectivity index (χ4n) is 12.5. The zero-order valence-corrected chi connectivity index (χ0v) is 41.3. The van der Waals surface area contributed by atoms with Crippen molar-refractivity contribution in [2.75, 3.05) is 77.0 Å². The van der Waals surface area contributed by atoms with Crippen molar-refractivity contribution < 1.29 is 24.1 Å². The molecule has 5 aromatic rings. The molecule has 372 valence electrons. The minimum absolute atomic E-state index is 0.0148. The van der Waals surface area contributed by atoms with Gasteiger partial charge in [0.1, 0.15) is 28.7 Å². The van der Waals surface area contributed by atoms with Gasteiger partial charge in [-0.3, -0.25) is 9.69 Å². The van der Waals surface area contributed by atoms with Gasteiger partial charge in [-0.2, -0.15) is 9.97 Å². The number of aromatic hydroxyl groups is 2. The Hall–Kier alpha value is -5.80. The fraction of sp³-hybridized carbons (Fsp3) is 0.491. The molecule has 5 fully saturated rings. The highest BCUT2D eigenvalue weighted by Crippen LogP contribution is 2.47. The van der Waals surface area contributed by atoms with Crippen LogP contribution in [0.3, 0.4) is 0 Å². The van der Waals surface area contributed by atoms with Crippen molar-refractivity contribution >= 4 is 34.5 Å². The average molecular weight is 962 g/mol. The van der Waals surface area contributed by atoms with Crippen LogP contribution in [0.2, 0.25) is 0 Å². The Labute approximate surface area is 416 Å². The number of benzene rings is 4. The minimum Gasteiger partial charge on any atom is -0.508 e. The van der Waals surface area contributed by atoms with Crippen LogP contribution in [0, 0.1) is 11.3 Å². The van der Waals surface area contributed by atoms with Crippen LogP contribution in [0.5, 0.6) is 17.5 Å².